The third kappa shape index (κ3) is 2.71. The molecule has 2 rings (SSSR count). The van der Waals surface area contributed by atoms with Gasteiger partial charge in [0, 0.05) is 11.1 Å². The lowest BCUT2D eigenvalue weighted by Crippen LogP contribution is -2.32. The largest absolute Gasteiger partial charge is 0.330 e. The molecule has 1 fully saturated rings. The van der Waals surface area contributed by atoms with E-state index in [4.69, 9.17) is 17.3 Å². The molecular formula is C12H17ClN2. The summed E-state index contributed by atoms with van der Waals surface area (Å²) in [6, 6.07) is 8.60. The van der Waals surface area contributed by atoms with Crippen molar-refractivity contribution in [2.24, 2.45) is 11.7 Å². The molecule has 1 aliphatic heterocycles. The maximum atomic E-state index is 5.96. The normalized spacial score (nSPS) is 25.7. The van der Waals surface area contributed by atoms with Crippen molar-refractivity contribution >= 4 is 11.6 Å². The molecule has 1 heterocycles. The Morgan fingerprint density at radius 3 is 3.07 bits per heavy atom. The summed E-state index contributed by atoms with van der Waals surface area (Å²) < 4.78 is 0. The predicted molar refractivity (Wildman–Crippen MR) is 64.1 cm³/mol. The first kappa shape index (κ1) is 10.9. The van der Waals surface area contributed by atoms with E-state index in [9.17, 15) is 0 Å². The van der Waals surface area contributed by atoms with Crippen LogP contribution in [0.5, 0.6) is 0 Å². The van der Waals surface area contributed by atoms with E-state index in [0.29, 0.717) is 12.0 Å². The third-order valence-electron chi connectivity index (χ3n) is 3.14. The molecule has 1 aromatic carbocycles. The van der Waals surface area contributed by atoms with Crippen LogP contribution >= 0.6 is 11.6 Å². The second-order valence-electron chi connectivity index (χ2n) is 4.18. The fourth-order valence-corrected chi connectivity index (χ4v) is 2.47. The van der Waals surface area contributed by atoms with Gasteiger partial charge < -0.3 is 11.1 Å². The zero-order chi connectivity index (χ0) is 10.7. The van der Waals surface area contributed by atoms with Crippen LogP contribution in [0.25, 0.3) is 0 Å². The molecule has 0 bridgehead atoms. The van der Waals surface area contributed by atoms with Gasteiger partial charge in [-0.2, -0.15) is 0 Å². The first-order chi connectivity index (χ1) is 7.29. The summed E-state index contributed by atoms with van der Waals surface area (Å²) in [4.78, 5) is 0. The first-order valence-corrected chi connectivity index (χ1v) is 5.85. The lowest BCUT2D eigenvalue weighted by molar-refractivity contribution is 0.454. The van der Waals surface area contributed by atoms with Crippen molar-refractivity contribution in [3.05, 3.63) is 34.9 Å². The second kappa shape index (κ2) is 4.97. The number of hydrogen-bond donors (Lipinski definition) is 2. The number of nitrogens with two attached hydrogens (primary N) is 1. The summed E-state index contributed by atoms with van der Waals surface area (Å²) in [5, 5.41) is 4.32. The molecule has 0 radical (unpaired) electrons. The van der Waals surface area contributed by atoms with E-state index in [1.165, 1.54) is 12.0 Å². The van der Waals surface area contributed by atoms with Gasteiger partial charge in [0.2, 0.25) is 0 Å². The van der Waals surface area contributed by atoms with Gasteiger partial charge in [-0.1, -0.05) is 23.7 Å². The molecule has 0 aliphatic carbocycles. The van der Waals surface area contributed by atoms with Crippen LogP contribution in [0.1, 0.15) is 12.0 Å². The standard InChI is InChI=1S/C12H17ClN2/c13-11-3-1-2-9(6-11)7-12-10(8-14)4-5-15-12/h1-3,6,10,12,15H,4-5,7-8,14H2. The number of nitrogens with one attached hydrogen (secondary N) is 1. The van der Waals surface area contributed by atoms with Crippen molar-refractivity contribution in [3.8, 4) is 0 Å². The summed E-state index contributed by atoms with van der Waals surface area (Å²) in [6.07, 6.45) is 2.23. The van der Waals surface area contributed by atoms with Crippen molar-refractivity contribution in [2.45, 2.75) is 18.9 Å². The summed E-state index contributed by atoms with van der Waals surface area (Å²) in [5.74, 6) is 0.615. The fraction of sp³-hybridized carbons (Fsp3) is 0.500. The molecule has 82 valence electrons. The summed E-state index contributed by atoms with van der Waals surface area (Å²) in [6.45, 7) is 1.87. The van der Waals surface area contributed by atoms with E-state index in [0.717, 1.165) is 24.5 Å². The average Bonchev–Trinajstić information content (AvgIpc) is 2.65. The molecular weight excluding hydrogens is 208 g/mol. The molecule has 1 saturated heterocycles. The second-order valence-corrected chi connectivity index (χ2v) is 4.62. The third-order valence-corrected chi connectivity index (χ3v) is 3.37. The van der Waals surface area contributed by atoms with Gasteiger partial charge in [0.1, 0.15) is 0 Å². The van der Waals surface area contributed by atoms with Gasteiger partial charge in [-0.25, -0.2) is 0 Å². The first-order valence-electron chi connectivity index (χ1n) is 5.47. The van der Waals surface area contributed by atoms with Gasteiger partial charge in [0.15, 0.2) is 0 Å². The van der Waals surface area contributed by atoms with Crippen molar-refractivity contribution in [3.63, 3.8) is 0 Å². The molecule has 2 nitrogen and oxygen atoms in total. The van der Waals surface area contributed by atoms with Gasteiger partial charge in [-0.3, -0.25) is 0 Å². The van der Waals surface area contributed by atoms with Crippen LogP contribution in [0.2, 0.25) is 5.02 Å². The molecule has 1 aromatic rings. The van der Waals surface area contributed by atoms with E-state index in [1.54, 1.807) is 0 Å². The molecule has 0 amide bonds. The molecule has 0 aromatic heterocycles. The minimum Gasteiger partial charge on any atom is -0.330 e. The van der Waals surface area contributed by atoms with E-state index in [1.807, 2.05) is 18.2 Å². The van der Waals surface area contributed by atoms with Crippen LogP contribution in [-0.2, 0) is 6.42 Å². The van der Waals surface area contributed by atoms with Gasteiger partial charge in [-0.05, 0) is 49.5 Å². The summed E-state index contributed by atoms with van der Waals surface area (Å²) in [7, 11) is 0. The van der Waals surface area contributed by atoms with E-state index in [-0.39, 0.29) is 0 Å². The van der Waals surface area contributed by atoms with Crippen LogP contribution in [0.4, 0.5) is 0 Å². The highest BCUT2D eigenvalue weighted by molar-refractivity contribution is 6.30. The molecule has 2 atom stereocenters. The van der Waals surface area contributed by atoms with Crippen LogP contribution < -0.4 is 11.1 Å². The van der Waals surface area contributed by atoms with Gasteiger partial charge in [0.25, 0.3) is 0 Å². The molecule has 3 N–H and O–H groups in total. The maximum absolute atomic E-state index is 5.96. The Hall–Kier alpha value is -0.570. The Balaban J connectivity index is 2.02. The number of halogens is 1. The molecule has 0 spiro atoms. The van der Waals surface area contributed by atoms with Gasteiger partial charge in [0.05, 0.1) is 0 Å². The quantitative estimate of drug-likeness (QED) is 0.822. The highest BCUT2D eigenvalue weighted by Gasteiger charge is 2.25. The summed E-state index contributed by atoms with van der Waals surface area (Å²) in [5.41, 5.74) is 7.03. The van der Waals surface area contributed by atoms with E-state index >= 15 is 0 Å². The number of benzene rings is 1. The van der Waals surface area contributed by atoms with Crippen molar-refractivity contribution in [2.75, 3.05) is 13.1 Å². The maximum Gasteiger partial charge on any atom is 0.0408 e. The smallest absolute Gasteiger partial charge is 0.0408 e. The predicted octanol–water partition coefficient (Wildman–Crippen LogP) is 1.82. The SMILES string of the molecule is NCC1CCNC1Cc1cccc(Cl)c1. The Labute approximate surface area is 95.8 Å². The Morgan fingerprint density at radius 2 is 2.33 bits per heavy atom. The molecule has 1 aliphatic rings. The minimum absolute atomic E-state index is 0.522. The zero-order valence-electron chi connectivity index (χ0n) is 8.75. The lowest BCUT2D eigenvalue weighted by atomic mass is 9.95. The van der Waals surface area contributed by atoms with E-state index in [2.05, 4.69) is 11.4 Å². The van der Waals surface area contributed by atoms with Crippen LogP contribution in [0, 0.1) is 5.92 Å². The van der Waals surface area contributed by atoms with Gasteiger partial charge in [-0.15, -0.1) is 0 Å². The number of rotatable bonds is 3. The Kier molecular flexibility index (Phi) is 3.62. The monoisotopic (exact) mass is 224 g/mol. The molecule has 15 heavy (non-hydrogen) atoms. The highest BCUT2D eigenvalue weighted by Crippen LogP contribution is 2.19. The average molecular weight is 225 g/mol. The van der Waals surface area contributed by atoms with Crippen molar-refractivity contribution in [1.29, 1.82) is 0 Å². The van der Waals surface area contributed by atoms with E-state index < -0.39 is 0 Å². The molecule has 0 saturated carbocycles. The van der Waals surface area contributed by atoms with Crippen molar-refractivity contribution < 1.29 is 0 Å². The molecule has 2 unspecified atom stereocenters. The van der Waals surface area contributed by atoms with Crippen LogP contribution in [0.15, 0.2) is 24.3 Å². The minimum atomic E-state index is 0.522. The topological polar surface area (TPSA) is 38.0 Å². The number of hydrogen-bond acceptors (Lipinski definition) is 2. The Bertz CT molecular complexity index is 327. The van der Waals surface area contributed by atoms with Crippen LogP contribution in [-0.4, -0.2) is 19.1 Å². The highest BCUT2D eigenvalue weighted by atomic mass is 35.5. The van der Waals surface area contributed by atoms with Crippen LogP contribution in [0.3, 0.4) is 0 Å². The van der Waals surface area contributed by atoms with Gasteiger partial charge >= 0.3 is 0 Å². The zero-order valence-corrected chi connectivity index (χ0v) is 9.50. The fourth-order valence-electron chi connectivity index (χ4n) is 2.26. The Morgan fingerprint density at radius 1 is 1.47 bits per heavy atom. The lowest BCUT2D eigenvalue weighted by Gasteiger charge is -2.17. The molecule has 3 heteroatoms. The summed E-state index contributed by atoms with van der Waals surface area (Å²) >= 11 is 5.96. The van der Waals surface area contributed by atoms with Crippen molar-refractivity contribution in [1.82, 2.24) is 5.32 Å².